The van der Waals surface area contributed by atoms with Crippen LogP contribution in [0.3, 0.4) is 0 Å². The molecular weight excluding hydrogens is 245 g/mol. The van der Waals surface area contributed by atoms with E-state index in [1.165, 1.54) is 12.1 Å². The van der Waals surface area contributed by atoms with Gasteiger partial charge >= 0.3 is 0 Å². The SMILES string of the molecule is C=C=CC(=O)N1CCC(Oc2ccccc2F)CC1. The fourth-order valence-electron chi connectivity index (χ4n) is 2.09. The lowest BCUT2D eigenvalue weighted by atomic mass is 10.1. The van der Waals surface area contributed by atoms with Crippen LogP contribution in [0, 0.1) is 5.82 Å². The molecule has 1 amide bonds. The second-order valence-corrected chi connectivity index (χ2v) is 4.42. The van der Waals surface area contributed by atoms with Crippen LogP contribution in [0.5, 0.6) is 5.75 Å². The van der Waals surface area contributed by atoms with Crippen LogP contribution in [-0.4, -0.2) is 30.0 Å². The Morgan fingerprint density at radius 1 is 1.42 bits per heavy atom. The van der Waals surface area contributed by atoms with Gasteiger partial charge in [-0.05, 0) is 12.1 Å². The second-order valence-electron chi connectivity index (χ2n) is 4.42. The van der Waals surface area contributed by atoms with Gasteiger partial charge < -0.3 is 9.64 Å². The normalized spacial score (nSPS) is 15.7. The molecule has 0 unspecified atom stereocenters. The third-order valence-corrected chi connectivity index (χ3v) is 3.11. The van der Waals surface area contributed by atoms with Gasteiger partial charge in [0.15, 0.2) is 11.6 Å². The highest BCUT2D eigenvalue weighted by molar-refractivity contribution is 5.87. The fourth-order valence-corrected chi connectivity index (χ4v) is 2.09. The average molecular weight is 261 g/mol. The van der Waals surface area contributed by atoms with Crippen molar-refractivity contribution < 1.29 is 13.9 Å². The molecule has 0 saturated carbocycles. The summed E-state index contributed by atoms with van der Waals surface area (Å²) in [6.07, 6.45) is 2.68. The Kier molecular flexibility index (Phi) is 4.37. The highest BCUT2D eigenvalue weighted by Gasteiger charge is 2.23. The zero-order chi connectivity index (χ0) is 13.7. The number of halogens is 1. The summed E-state index contributed by atoms with van der Waals surface area (Å²) in [4.78, 5) is 13.3. The van der Waals surface area contributed by atoms with E-state index in [2.05, 4.69) is 12.3 Å². The fraction of sp³-hybridized carbons (Fsp3) is 0.333. The van der Waals surface area contributed by atoms with Gasteiger partial charge in [-0.15, -0.1) is 5.73 Å². The maximum absolute atomic E-state index is 13.4. The number of ether oxygens (including phenoxy) is 1. The number of amides is 1. The molecule has 0 N–H and O–H groups in total. The van der Waals surface area contributed by atoms with E-state index in [4.69, 9.17) is 4.74 Å². The number of carbonyl (C=O) groups excluding carboxylic acids is 1. The summed E-state index contributed by atoms with van der Waals surface area (Å²) in [7, 11) is 0. The summed E-state index contributed by atoms with van der Waals surface area (Å²) in [5.41, 5.74) is 2.48. The second kappa shape index (κ2) is 6.21. The number of para-hydroxylation sites is 1. The van der Waals surface area contributed by atoms with Crippen molar-refractivity contribution in [2.75, 3.05) is 13.1 Å². The largest absolute Gasteiger partial charge is 0.487 e. The van der Waals surface area contributed by atoms with Crippen molar-refractivity contribution in [1.29, 1.82) is 0 Å². The Bertz CT molecular complexity index is 501. The van der Waals surface area contributed by atoms with Crippen LogP contribution < -0.4 is 4.74 Å². The lowest BCUT2D eigenvalue weighted by Crippen LogP contribution is -2.41. The van der Waals surface area contributed by atoms with Crippen molar-refractivity contribution in [1.82, 2.24) is 4.90 Å². The molecule has 1 aliphatic rings. The van der Waals surface area contributed by atoms with Crippen LogP contribution >= 0.6 is 0 Å². The Morgan fingerprint density at radius 2 is 2.11 bits per heavy atom. The third-order valence-electron chi connectivity index (χ3n) is 3.11. The molecular formula is C15H16FNO2. The summed E-state index contributed by atoms with van der Waals surface area (Å²) in [5.74, 6) is -0.159. The molecule has 1 aliphatic heterocycles. The zero-order valence-corrected chi connectivity index (χ0v) is 10.6. The van der Waals surface area contributed by atoms with Crippen LogP contribution in [0.1, 0.15) is 12.8 Å². The summed E-state index contributed by atoms with van der Waals surface area (Å²) < 4.78 is 19.1. The number of benzene rings is 1. The summed E-state index contributed by atoms with van der Waals surface area (Å²) in [5, 5.41) is 0. The highest BCUT2D eigenvalue weighted by Crippen LogP contribution is 2.21. The monoisotopic (exact) mass is 261 g/mol. The summed E-state index contributed by atoms with van der Waals surface area (Å²) >= 11 is 0. The first kappa shape index (κ1) is 13.4. The van der Waals surface area contributed by atoms with Gasteiger partial charge in [-0.1, -0.05) is 18.7 Å². The van der Waals surface area contributed by atoms with Crippen molar-refractivity contribution in [2.24, 2.45) is 0 Å². The number of carbonyl (C=O) groups is 1. The first-order valence-electron chi connectivity index (χ1n) is 6.26. The molecule has 0 aliphatic carbocycles. The quantitative estimate of drug-likeness (QED) is 0.618. The minimum atomic E-state index is -0.351. The predicted molar refractivity (Wildman–Crippen MR) is 70.3 cm³/mol. The van der Waals surface area contributed by atoms with Gasteiger partial charge in [0.25, 0.3) is 5.91 Å². The Balaban J connectivity index is 1.89. The molecule has 1 fully saturated rings. The minimum Gasteiger partial charge on any atom is -0.487 e. The van der Waals surface area contributed by atoms with Crippen molar-refractivity contribution in [3.8, 4) is 5.75 Å². The maximum Gasteiger partial charge on any atom is 0.254 e. The van der Waals surface area contributed by atoms with Crippen molar-refractivity contribution in [3.63, 3.8) is 0 Å². The molecule has 1 aromatic rings. The molecule has 1 aromatic carbocycles. The van der Waals surface area contributed by atoms with Gasteiger partial charge in [-0.3, -0.25) is 4.79 Å². The molecule has 3 nitrogen and oxygen atoms in total. The molecule has 0 bridgehead atoms. The Morgan fingerprint density at radius 3 is 2.74 bits per heavy atom. The van der Waals surface area contributed by atoms with E-state index >= 15 is 0 Å². The molecule has 0 radical (unpaired) electrons. The molecule has 2 rings (SSSR count). The number of likely N-dealkylation sites (tertiary alicyclic amines) is 1. The molecule has 0 atom stereocenters. The van der Waals surface area contributed by atoms with E-state index in [0.29, 0.717) is 25.9 Å². The predicted octanol–water partition coefficient (Wildman–Crippen LogP) is 2.54. The van der Waals surface area contributed by atoms with Gasteiger partial charge in [-0.25, -0.2) is 4.39 Å². The van der Waals surface area contributed by atoms with E-state index in [9.17, 15) is 9.18 Å². The molecule has 0 aromatic heterocycles. The summed E-state index contributed by atoms with van der Waals surface area (Å²) in [6.45, 7) is 4.60. The Hall–Kier alpha value is -2.06. The van der Waals surface area contributed by atoms with Crippen LogP contribution in [-0.2, 0) is 4.79 Å². The van der Waals surface area contributed by atoms with Crippen molar-refractivity contribution in [2.45, 2.75) is 18.9 Å². The van der Waals surface area contributed by atoms with E-state index in [-0.39, 0.29) is 23.6 Å². The van der Waals surface area contributed by atoms with Crippen molar-refractivity contribution >= 4 is 5.91 Å². The maximum atomic E-state index is 13.4. The lowest BCUT2D eigenvalue weighted by molar-refractivity contribution is -0.127. The molecule has 4 heteroatoms. The van der Waals surface area contributed by atoms with Crippen LogP contribution in [0.4, 0.5) is 4.39 Å². The molecule has 0 spiro atoms. The first-order valence-corrected chi connectivity index (χ1v) is 6.26. The van der Waals surface area contributed by atoms with Gasteiger partial charge in [-0.2, -0.15) is 0 Å². The highest BCUT2D eigenvalue weighted by atomic mass is 19.1. The van der Waals surface area contributed by atoms with Gasteiger partial charge in [0, 0.05) is 32.0 Å². The summed E-state index contributed by atoms with van der Waals surface area (Å²) in [6, 6.07) is 6.37. The average Bonchev–Trinajstić information content (AvgIpc) is 2.42. The van der Waals surface area contributed by atoms with Crippen molar-refractivity contribution in [3.05, 3.63) is 48.5 Å². The molecule has 100 valence electrons. The standard InChI is InChI=1S/C15H16FNO2/c1-2-5-15(18)17-10-8-12(9-11-17)19-14-7-4-3-6-13(14)16/h3-7,12H,1,8-11H2. The van der Waals surface area contributed by atoms with E-state index in [1.807, 2.05) is 0 Å². The van der Waals surface area contributed by atoms with Gasteiger partial charge in [0.05, 0.1) is 0 Å². The smallest absolute Gasteiger partial charge is 0.254 e. The first-order chi connectivity index (χ1) is 9.20. The topological polar surface area (TPSA) is 29.5 Å². The minimum absolute atomic E-state index is 0.0475. The van der Waals surface area contributed by atoms with Crippen LogP contribution in [0.15, 0.2) is 42.7 Å². The molecule has 19 heavy (non-hydrogen) atoms. The molecule has 1 heterocycles. The van der Waals surface area contributed by atoms with E-state index in [1.54, 1.807) is 23.1 Å². The number of hydrogen-bond acceptors (Lipinski definition) is 2. The molecule has 1 saturated heterocycles. The van der Waals surface area contributed by atoms with Gasteiger partial charge in [0.2, 0.25) is 0 Å². The zero-order valence-electron chi connectivity index (χ0n) is 10.6. The number of hydrogen-bond donors (Lipinski definition) is 0. The lowest BCUT2D eigenvalue weighted by Gasteiger charge is -2.31. The number of rotatable bonds is 3. The van der Waals surface area contributed by atoms with Crippen LogP contribution in [0.2, 0.25) is 0 Å². The number of piperidine rings is 1. The van der Waals surface area contributed by atoms with E-state index in [0.717, 1.165) is 0 Å². The Labute approximate surface area is 112 Å². The third kappa shape index (κ3) is 3.46. The van der Waals surface area contributed by atoms with Crippen LogP contribution in [0.25, 0.3) is 0 Å². The van der Waals surface area contributed by atoms with Gasteiger partial charge in [0.1, 0.15) is 6.10 Å². The van der Waals surface area contributed by atoms with E-state index < -0.39 is 0 Å². The number of nitrogens with zero attached hydrogens (tertiary/aromatic N) is 1.